The number of benzene rings is 1. The Hall–Kier alpha value is -2.76. The molecule has 1 heterocycles. The lowest BCUT2D eigenvalue weighted by atomic mass is 10.2. The van der Waals surface area contributed by atoms with Gasteiger partial charge in [0.25, 0.3) is 0 Å². The van der Waals surface area contributed by atoms with Crippen LogP contribution in [0.25, 0.3) is 11.0 Å². The molecule has 1 aromatic carbocycles. The largest absolute Gasteiger partial charge is 0.514 e. The number of ether oxygens (including phenoxy) is 3. The van der Waals surface area contributed by atoms with Crippen LogP contribution >= 0.6 is 0 Å². The van der Waals surface area contributed by atoms with Crippen LogP contribution in [-0.4, -0.2) is 18.4 Å². The second-order valence-corrected chi connectivity index (χ2v) is 6.18. The van der Waals surface area contributed by atoms with Crippen molar-refractivity contribution in [3.8, 4) is 11.5 Å². The van der Waals surface area contributed by atoms with E-state index in [1.54, 1.807) is 33.8 Å². The van der Waals surface area contributed by atoms with Crippen molar-refractivity contribution < 1.29 is 23.4 Å². The standard InChI is InChI=1S/C18H20O6/c1-6-7-21-14-9-12(23-17(20)24-18(3,4)5)10-15-16(14)13(19)8-11(2)22-15/h6,8-10H,1,7H2,2-5H3. The van der Waals surface area contributed by atoms with Crippen LogP contribution in [0.15, 0.2) is 40.1 Å². The van der Waals surface area contributed by atoms with E-state index in [-0.39, 0.29) is 34.5 Å². The normalized spacial score (nSPS) is 11.2. The quantitative estimate of drug-likeness (QED) is 0.479. The molecule has 0 amide bonds. The summed E-state index contributed by atoms with van der Waals surface area (Å²) in [4.78, 5) is 24.0. The van der Waals surface area contributed by atoms with Gasteiger partial charge in [0.2, 0.25) is 0 Å². The lowest BCUT2D eigenvalue weighted by Crippen LogP contribution is -2.26. The fourth-order valence-corrected chi connectivity index (χ4v) is 2.04. The zero-order valence-corrected chi connectivity index (χ0v) is 14.2. The van der Waals surface area contributed by atoms with Gasteiger partial charge in [-0.3, -0.25) is 4.79 Å². The van der Waals surface area contributed by atoms with Crippen LogP contribution in [0.1, 0.15) is 26.5 Å². The summed E-state index contributed by atoms with van der Waals surface area (Å²) >= 11 is 0. The number of hydrogen-bond donors (Lipinski definition) is 0. The molecule has 6 nitrogen and oxygen atoms in total. The molecule has 24 heavy (non-hydrogen) atoms. The van der Waals surface area contributed by atoms with Crippen LogP contribution in [0.2, 0.25) is 0 Å². The van der Waals surface area contributed by atoms with Crippen molar-refractivity contribution >= 4 is 17.1 Å². The monoisotopic (exact) mass is 332 g/mol. The number of aryl methyl sites for hydroxylation is 1. The van der Waals surface area contributed by atoms with Gasteiger partial charge in [0.1, 0.15) is 40.4 Å². The van der Waals surface area contributed by atoms with Gasteiger partial charge in [-0.15, -0.1) is 0 Å². The van der Waals surface area contributed by atoms with Crippen LogP contribution in [0.5, 0.6) is 11.5 Å². The molecule has 0 atom stereocenters. The minimum absolute atomic E-state index is 0.157. The van der Waals surface area contributed by atoms with Crippen molar-refractivity contribution in [3.63, 3.8) is 0 Å². The van der Waals surface area contributed by atoms with Crippen LogP contribution < -0.4 is 14.9 Å². The molecule has 0 aliphatic rings. The van der Waals surface area contributed by atoms with Crippen LogP contribution in [0.4, 0.5) is 4.79 Å². The van der Waals surface area contributed by atoms with Gasteiger partial charge in [-0.25, -0.2) is 4.79 Å². The third-order valence-corrected chi connectivity index (χ3v) is 2.84. The summed E-state index contributed by atoms with van der Waals surface area (Å²) < 4.78 is 21.3. The van der Waals surface area contributed by atoms with Crippen molar-refractivity contribution in [3.05, 3.63) is 46.8 Å². The molecule has 0 bridgehead atoms. The Bertz CT molecular complexity index is 826. The summed E-state index contributed by atoms with van der Waals surface area (Å²) in [7, 11) is 0. The van der Waals surface area contributed by atoms with E-state index in [0.717, 1.165) is 0 Å². The molecule has 0 unspecified atom stereocenters. The molecule has 0 fully saturated rings. The predicted octanol–water partition coefficient (Wildman–Crippen LogP) is 3.98. The molecular weight excluding hydrogens is 312 g/mol. The summed E-state index contributed by atoms with van der Waals surface area (Å²) in [5, 5.41) is 0.277. The molecule has 0 spiro atoms. The fraction of sp³-hybridized carbons (Fsp3) is 0.333. The Morgan fingerprint density at radius 3 is 2.62 bits per heavy atom. The Kier molecular flexibility index (Phi) is 4.97. The average molecular weight is 332 g/mol. The van der Waals surface area contributed by atoms with Crippen molar-refractivity contribution in [2.24, 2.45) is 0 Å². The van der Waals surface area contributed by atoms with E-state index in [4.69, 9.17) is 18.6 Å². The van der Waals surface area contributed by atoms with Gasteiger partial charge in [0, 0.05) is 18.2 Å². The summed E-state index contributed by atoms with van der Waals surface area (Å²) in [5.41, 5.74) is -0.657. The van der Waals surface area contributed by atoms with Crippen molar-refractivity contribution in [1.82, 2.24) is 0 Å². The van der Waals surface area contributed by atoms with Gasteiger partial charge in [-0.05, 0) is 27.7 Å². The zero-order chi connectivity index (χ0) is 17.9. The van der Waals surface area contributed by atoms with Crippen LogP contribution in [-0.2, 0) is 4.74 Å². The number of carbonyl (C=O) groups excluding carboxylic acids is 1. The lowest BCUT2D eigenvalue weighted by Gasteiger charge is -2.19. The Labute approximate surface area is 139 Å². The molecular formula is C18H20O6. The minimum atomic E-state index is -0.855. The summed E-state index contributed by atoms with van der Waals surface area (Å²) in [6.45, 7) is 10.6. The predicted molar refractivity (Wildman–Crippen MR) is 89.8 cm³/mol. The van der Waals surface area contributed by atoms with Gasteiger partial charge < -0.3 is 18.6 Å². The number of hydrogen-bond acceptors (Lipinski definition) is 6. The number of carbonyl (C=O) groups is 1. The first kappa shape index (κ1) is 17.6. The first-order valence-electron chi connectivity index (χ1n) is 7.42. The lowest BCUT2D eigenvalue weighted by molar-refractivity contribution is 0.0206. The Morgan fingerprint density at radius 2 is 2.00 bits per heavy atom. The van der Waals surface area contributed by atoms with E-state index in [1.165, 1.54) is 18.2 Å². The molecule has 0 saturated carbocycles. The molecule has 0 radical (unpaired) electrons. The van der Waals surface area contributed by atoms with E-state index in [9.17, 15) is 9.59 Å². The van der Waals surface area contributed by atoms with Gasteiger partial charge in [-0.2, -0.15) is 0 Å². The van der Waals surface area contributed by atoms with E-state index in [0.29, 0.717) is 5.76 Å². The molecule has 1 aromatic heterocycles. The SMILES string of the molecule is C=CCOc1cc(OC(=O)OC(C)(C)C)cc2oc(C)cc(=O)c12. The molecule has 128 valence electrons. The minimum Gasteiger partial charge on any atom is -0.488 e. The highest BCUT2D eigenvalue weighted by Crippen LogP contribution is 2.30. The average Bonchev–Trinajstić information content (AvgIpc) is 2.41. The molecule has 0 saturated heterocycles. The highest BCUT2D eigenvalue weighted by Gasteiger charge is 2.20. The molecule has 0 aliphatic carbocycles. The molecule has 2 aromatic rings. The second kappa shape index (κ2) is 6.78. The number of fused-ring (bicyclic) bond motifs is 1. The topological polar surface area (TPSA) is 75.0 Å². The first-order valence-corrected chi connectivity index (χ1v) is 7.42. The van der Waals surface area contributed by atoms with E-state index < -0.39 is 11.8 Å². The fourth-order valence-electron chi connectivity index (χ4n) is 2.04. The summed E-state index contributed by atoms with van der Waals surface area (Å²) in [6.07, 6.45) is 0.690. The Balaban J connectivity index is 2.46. The van der Waals surface area contributed by atoms with Gasteiger partial charge in [0.05, 0.1) is 0 Å². The van der Waals surface area contributed by atoms with E-state index >= 15 is 0 Å². The molecule has 2 rings (SSSR count). The van der Waals surface area contributed by atoms with Crippen molar-refractivity contribution in [2.75, 3.05) is 6.61 Å². The highest BCUT2D eigenvalue weighted by atomic mass is 16.7. The van der Waals surface area contributed by atoms with E-state index in [1.807, 2.05) is 0 Å². The zero-order valence-electron chi connectivity index (χ0n) is 14.2. The maximum Gasteiger partial charge on any atom is 0.514 e. The Morgan fingerprint density at radius 1 is 1.29 bits per heavy atom. The van der Waals surface area contributed by atoms with E-state index in [2.05, 4.69) is 6.58 Å². The van der Waals surface area contributed by atoms with Crippen LogP contribution in [0, 0.1) is 6.92 Å². The van der Waals surface area contributed by atoms with Crippen LogP contribution in [0.3, 0.4) is 0 Å². The second-order valence-electron chi connectivity index (χ2n) is 6.18. The van der Waals surface area contributed by atoms with Gasteiger partial charge >= 0.3 is 6.16 Å². The third-order valence-electron chi connectivity index (χ3n) is 2.84. The smallest absolute Gasteiger partial charge is 0.488 e. The highest BCUT2D eigenvalue weighted by molar-refractivity contribution is 5.85. The third kappa shape index (κ3) is 4.38. The first-order chi connectivity index (χ1) is 11.2. The van der Waals surface area contributed by atoms with Gasteiger partial charge in [0.15, 0.2) is 5.43 Å². The van der Waals surface area contributed by atoms with Gasteiger partial charge in [-0.1, -0.05) is 12.7 Å². The number of rotatable bonds is 4. The maximum atomic E-state index is 12.2. The van der Waals surface area contributed by atoms with Crippen molar-refractivity contribution in [1.29, 1.82) is 0 Å². The van der Waals surface area contributed by atoms with Crippen molar-refractivity contribution in [2.45, 2.75) is 33.3 Å². The molecule has 0 aliphatic heterocycles. The molecule has 6 heteroatoms. The summed E-state index contributed by atoms with van der Waals surface area (Å²) in [5.74, 6) is 0.848. The summed E-state index contributed by atoms with van der Waals surface area (Å²) in [6, 6.07) is 4.27. The molecule has 0 N–H and O–H groups in total. The maximum absolute atomic E-state index is 12.2.